The van der Waals surface area contributed by atoms with E-state index in [0.717, 1.165) is 37.0 Å². The van der Waals surface area contributed by atoms with Gasteiger partial charge in [0.2, 0.25) is 0 Å². The third-order valence-corrected chi connectivity index (χ3v) is 4.59. The second kappa shape index (κ2) is 6.20. The molecule has 0 radical (unpaired) electrons. The van der Waals surface area contributed by atoms with E-state index in [1.54, 1.807) is 0 Å². The zero-order valence-electron chi connectivity index (χ0n) is 13.6. The zero-order chi connectivity index (χ0) is 14.8. The Morgan fingerprint density at radius 3 is 2.76 bits per heavy atom. The quantitative estimate of drug-likeness (QED) is 0.864. The number of hydrogen-bond donors (Lipinski definition) is 1. The summed E-state index contributed by atoms with van der Waals surface area (Å²) >= 11 is 0. The Hall–Kier alpha value is -1.32. The van der Waals surface area contributed by atoms with E-state index in [-0.39, 0.29) is 0 Å². The van der Waals surface area contributed by atoms with Gasteiger partial charge in [-0.15, -0.1) is 0 Å². The standard InChI is InChI=1S/C17H28N4/c1-4-9-18-15-11-16(20-17(19-15)13-7-8-13)21-10-5-6-14(21)12(2)3/h11-14H,4-10H2,1-3H3,(H,18,19,20). The molecule has 0 bridgehead atoms. The molecule has 1 saturated heterocycles. The first-order chi connectivity index (χ1) is 10.2. The molecular weight excluding hydrogens is 260 g/mol. The van der Waals surface area contributed by atoms with E-state index in [9.17, 15) is 0 Å². The molecule has 116 valence electrons. The zero-order valence-corrected chi connectivity index (χ0v) is 13.6. The van der Waals surface area contributed by atoms with Crippen LogP contribution >= 0.6 is 0 Å². The summed E-state index contributed by atoms with van der Waals surface area (Å²) in [5, 5.41) is 3.45. The summed E-state index contributed by atoms with van der Waals surface area (Å²) in [7, 11) is 0. The van der Waals surface area contributed by atoms with Crippen molar-refractivity contribution in [2.45, 2.75) is 64.8 Å². The van der Waals surface area contributed by atoms with E-state index < -0.39 is 0 Å². The third kappa shape index (κ3) is 3.30. The Balaban J connectivity index is 1.87. The second-order valence-corrected chi connectivity index (χ2v) is 6.82. The molecule has 0 aromatic carbocycles. The van der Waals surface area contributed by atoms with Crippen molar-refractivity contribution in [3.05, 3.63) is 11.9 Å². The van der Waals surface area contributed by atoms with Crippen molar-refractivity contribution in [2.24, 2.45) is 5.92 Å². The predicted octanol–water partition coefficient (Wildman–Crippen LogP) is 3.80. The first-order valence-electron chi connectivity index (χ1n) is 8.58. The molecule has 1 saturated carbocycles. The maximum absolute atomic E-state index is 4.89. The van der Waals surface area contributed by atoms with Gasteiger partial charge in [-0.1, -0.05) is 20.8 Å². The fourth-order valence-electron chi connectivity index (χ4n) is 3.24. The summed E-state index contributed by atoms with van der Waals surface area (Å²) < 4.78 is 0. The predicted molar refractivity (Wildman–Crippen MR) is 88.0 cm³/mol. The van der Waals surface area contributed by atoms with Crippen LogP contribution in [0.5, 0.6) is 0 Å². The van der Waals surface area contributed by atoms with Crippen molar-refractivity contribution in [2.75, 3.05) is 23.3 Å². The fraction of sp³-hybridized carbons (Fsp3) is 0.765. The van der Waals surface area contributed by atoms with Gasteiger partial charge in [-0.05, 0) is 38.0 Å². The third-order valence-electron chi connectivity index (χ3n) is 4.59. The van der Waals surface area contributed by atoms with Crippen LogP contribution in [0.25, 0.3) is 0 Å². The lowest BCUT2D eigenvalue weighted by Crippen LogP contribution is -2.34. The van der Waals surface area contributed by atoms with Gasteiger partial charge in [0, 0.05) is 31.1 Å². The molecule has 2 heterocycles. The highest BCUT2D eigenvalue weighted by Gasteiger charge is 2.31. The molecule has 1 aliphatic heterocycles. The largest absolute Gasteiger partial charge is 0.370 e. The van der Waals surface area contributed by atoms with Crippen molar-refractivity contribution >= 4 is 11.6 Å². The van der Waals surface area contributed by atoms with Gasteiger partial charge in [-0.25, -0.2) is 9.97 Å². The SMILES string of the molecule is CCCNc1cc(N2CCCC2C(C)C)nc(C2CC2)n1. The fourth-order valence-corrected chi connectivity index (χ4v) is 3.24. The van der Waals surface area contributed by atoms with Gasteiger partial charge in [-0.3, -0.25) is 0 Å². The van der Waals surface area contributed by atoms with Crippen LogP contribution in [0.15, 0.2) is 6.07 Å². The second-order valence-electron chi connectivity index (χ2n) is 6.82. The van der Waals surface area contributed by atoms with Crippen molar-refractivity contribution < 1.29 is 0 Å². The average molecular weight is 288 g/mol. The minimum absolute atomic E-state index is 0.604. The summed E-state index contributed by atoms with van der Waals surface area (Å²) in [4.78, 5) is 12.1. The summed E-state index contributed by atoms with van der Waals surface area (Å²) in [5.74, 6) is 4.49. The van der Waals surface area contributed by atoms with Crippen LogP contribution in [0.4, 0.5) is 11.6 Å². The number of aromatic nitrogens is 2. The summed E-state index contributed by atoms with van der Waals surface area (Å²) in [6.07, 6.45) is 6.20. The minimum atomic E-state index is 0.604. The van der Waals surface area contributed by atoms with Crippen molar-refractivity contribution in [1.82, 2.24) is 9.97 Å². The van der Waals surface area contributed by atoms with Crippen LogP contribution < -0.4 is 10.2 Å². The molecule has 2 fully saturated rings. The molecule has 3 rings (SSSR count). The minimum Gasteiger partial charge on any atom is -0.370 e. The normalized spacial score (nSPS) is 22.1. The highest BCUT2D eigenvalue weighted by Crippen LogP contribution is 2.40. The van der Waals surface area contributed by atoms with Crippen molar-refractivity contribution in [3.63, 3.8) is 0 Å². The van der Waals surface area contributed by atoms with Crippen LogP contribution in [0.3, 0.4) is 0 Å². The van der Waals surface area contributed by atoms with E-state index >= 15 is 0 Å². The van der Waals surface area contributed by atoms with E-state index in [4.69, 9.17) is 9.97 Å². The molecule has 1 atom stereocenters. The van der Waals surface area contributed by atoms with Gasteiger partial charge in [0.15, 0.2) is 0 Å². The lowest BCUT2D eigenvalue weighted by atomic mass is 10.0. The molecule has 4 heteroatoms. The maximum atomic E-state index is 4.89. The topological polar surface area (TPSA) is 41.0 Å². The summed E-state index contributed by atoms with van der Waals surface area (Å²) in [5.41, 5.74) is 0. The Labute approximate surface area is 128 Å². The molecule has 4 nitrogen and oxygen atoms in total. The van der Waals surface area contributed by atoms with Gasteiger partial charge in [0.05, 0.1) is 0 Å². The number of nitrogens with zero attached hydrogens (tertiary/aromatic N) is 3. The monoisotopic (exact) mass is 288 g/mol. The van der Waals surface area contributed by atoms with Crippen LogP contribution in [0.1, 0.15) is 64.6 Å². The number of nitrogens with one attached hydrogen (secondary N) is 1. The molecule has 21 heavy (non-hydrogen) atoms. The van der Waals surface area contributed by atoms with E-state index in [1.807, 2.05) is 0 Å². The first kappa shape index (κ1) is 14.6. The molecule has 1 unspecified atom stereocenters. The van der Waals surface area contributed by atoms with Gasteiger partial charge in [0.1, 0.15) is 17.5 Å². The number of rotatable bonds is 6. The first-order valence-corrected chi connectivity index (χ1v) is 8.58. The maximum Gasteiger partial charge on any atom is 0.136 e. The molecule has 0 spiro atoms. The molecule has 0 amide bonds. The van der Waals surface area contributed by atoms with Crippen molar-refractivity contribution in [3.8, 4) is 0 Å². The molecule has 2 aliphatic rings. The summed E-state index contributed by atoms with van der Waals surface area (Å²) in [6.45, 7) is 8.95. The molecule has 1 aromatic rings. The highest BCUT2D eigenvalue weighted by molar-refractivity contribution is 5.51. The Bertz CT molecular complexity index is 482. The lowest BCUT2D eigenvalue weighted by molar-refractivity contribution is 0.489. The average Bonchev–Trinajstić information content (AvgIpc) is 3.21. The van der Waals surface area contributed by atoms with Crippen LogP contribution in [-0.2, 0) is 0 Å². The van der Waals surface area contributed by atoms with Gasteiger partial charge in [0.25, 0.3) is 0 Å². The van der Waals surface area contributed by atoms with Gasteiger partial charge in [-0.2, -0.15) is 0 Å². The summed E-state index contributed by atoms with van der Waals surface area (Å²) in [6, 6.07) is 2.79. The van der Waals surface area contributed by atoms with Crippen LogP contribution in [0, 0.1) is 5.92 Å². The molecule has 1 N–H and O–H groups in total. The highest BCUT2D eigenvalue weighted by atomic mass is 15.2. The Morgan fingerprint density at radius 2 is 2.10 bits per heavy atom. The van der Waals surface area contributed by atoms with Crippen molar-refractivity contribution in [1.29, 1.82) is 0 Å². The number of anilines is 2. The van der Waals surface area contributed by atoms with E-state index in [2.05, 4.69) is 37.1 Å². The smallest absolute Gasteiger partial charge is 0.136 e. The van der Waals surface area contributed by atoms with E-state index in [0.29, 0.717) is 17.9 Å². The number of hydrogen-bond acceptors (Lipinski definition) is 4. The van der Waals surface area contributed by atoms with Crippen LogP contribution in [0.2, 0.25) is 0 Å². The van der Waals surface area contributed by atoms with Crippen LogP contribution in [-0.4, -0.2) is 29.1 Å². The Morgan fingerprint density at radius 1 is 1.29 bits per heavy atom. The molecule has 1 aliphatic carbocycles. The Kier molecular flexibility index (Phi) is 4.32. The molecular formula is C17H28N4. The van der Waals surface area contributed by atoms with Gasteiger partial charge >= 0.3 is 0 Å². The van der Waals surface area contributed by atoms with Gasteiger partial charge < -0.3 is 10.2 Å². The lowest BCUT2D eigenvalue weighted by Gasteiger charge is -2.29. The van der Waals surface area contributed by atoms with E-state index in [1.165, 1.54) is 25.7 Å². The molecule has 1 aromatic heterocycles.